The molecule has 0 unspecified atom stereocenters. The van der Waals surface area contributed by atoms with E-state index < -0.39 is 0 Å². The molecule has 0 aliphatic heterocycles. The molecule has 3 aromatic rings. The summed E-state index contributed by atoms with van der Waals surface area (Å²) >= 11 is 0. The van der Waals surface area contributed by atoms with E-state index in [2.05, 4.69) is 40.6 Å². The largest absolute Gasteiger partial charge is 0.235 e. The van der Waals surface area contributed by atoms with Crippen molar-refractivity contribution in [2.45, 2.75) is 19.8 Å². The second kappa shape index (κ2) is 7.25. The van der Waals surface area contributed by atoms with Crippen LogP contribution in [0.2, 0.25) is 0 Å². The molecule has 2 heteroatoms. The number of hydrogen-bond donors (Lipinski definition) is 0. The molecule has 0 N–H and O–H groups in total. The maximum absolute atomic E-state index is 4.63. The fraction of sp³-hybridized carbons (Fsp3) is 0.143. The fourth-order valence-electron chi connectivity index (χ4n) is 2.10. The van der Waals surface area contributed by atoms with Crippen molar-refractivity contribution < 1.29 is 0 Å². The Hall–Kier alpha value is -3.10. The molecular formula is C21H16N2. The van der Waals surface area contributed by atoms with Crippen molar-refractivity contribution in [3.8, 4) is 23.7 Å². The Morgan fingerprint density at radius 1 is 0.739 bits per heavy atom. The molecule has 0 amide bonds. The zero-order valence-electron chi connectivity index (χ0n) is 13.0. The van der Waals surface area contributed by atoms with E-state index in [1.54, 1.807) is 0 Å². The van der Waals surface area contributed by atoms with Crippen LogP contribution in [0.25, 0.3) is 11.0 Å². The molecule has 0 bridgehead atoms. The highest BCUT2D eigenvalue weighted by Crippen LogP contribution is 2.12. The van der Waals surface area contributed by atoms with Crippen LogP contribution in [0.15, 0.2) is 54.6 Å². The maximum atomic E-state index is 4.63. The zero-order valence-corrected chi connectivity index (χ0v) is 13.0. The number of rotatable bonds is 1. The minimum Gasteiger partial charge on any atom is -0.235 e. The van der Waals surface area contributed by atoms with Gasteiger partial charge in [0.25, 0.3) is 0 Å². The summed E-state index contributed by atoms with van der Waals surface area (Å²) in [5, 5.41) is 0. The Kier molecular flexibility index (Phi) is 4.67. The normalized spacial score (nSPS) is 9.61. The molecule has 0 aliphatic rings. The van der Waals surface area contributed by atoms with Crippen molar-refractivity contribution in [2.24, 2.45) is 0 Å². The first kappa shape index (κ1) is 14.8. The second-order valence-electron chi connectivity index (χ2n) is 5.08. The minimum atomic E-state index is 0.635. The molecule has 23 heavy (non-hydrogen) atoms. The van der Waals surface area contributed by atoms with E-state index >= 15 is 0 Å². The van der Waals surface area contributed by atoms with Gasteiger partial charge in [-0.15, -0.1) is 0 Å². The molecular weight excluding hydrogens is 280 g/mol. The number of benzene rings is 2. The molecule has 1 heterocycles. The summed E-state index contributed by atoms with van der Waals surface area (Å²) in [7, 11) is 0. The van der Waals surface area contributed by atoms with Gasteiger partial charge in [0.1, 0.15) is 11.4 Å². The smallest absolute Gasteiger partial charge is 0.148 e. The van der Waals surface area contributed by atoms with Gasteiger partial charge in [-0.1, -0.05) is 49.1 Å². The van der Waals surface area contributed by atoms with Crippen molar-refractivity contribution in [3.05, 3.63) is 71.5 Å². The zero-order chi connectivity index (χ0) is 15.9. The molecule has 0 aliphatic carbocycles. The van der Waals surface area contributed by atoms with Gasteiger partial charge in [-0.2, -0.15) is 0 Å². The second-order valence-corrected chi connectivity index (χ2v) is 5.08. The van der Waals surface area contributed by atoms with Gasteiger partial charge in [0.05, 0.1) is 11.0 Å². The quantitative estimate of drug-likeness (QED) is 0.630. The van der Waals surface area contributed by atoms with E-state index in [0.717, 1.165) is 29.4 Å². The Balaban J connectivity index is 2.08. The van der Waals surface area contributed by atoms with Crippen LogP contribution in [0, 0.1) is 23.7 Å². The van der Waals surface area contributed by atoms with Gasteiger partial charge in [-0.25, -0.2) is 9.97 Å². The van der Waals surface area contributed by atoms with Gasteiger partial charge in [-0.05, 0) is 42.5 Å². The SMILES string of the molecule is CCCC#Cc1nc2ccccc2nc1C#Cc1ccccc1. The van der Waals surface area contributed by atoms with Crippen LogP contribution < -0.4 is 0 Å². The molecule has 0 fully saturated rings. The van der Waals surface area contributed by atoms with Gasteiger partial charge in [0, 0.05) is 12.0 Å². The highest BCUT2D eigenvalue weighted by Gasteiger charge is 2.04. The summed E-state index contributed by atoms with van der Waals surface area (Å²) in [4.78, 5) is 9.25. The van der Waals surface area contributed by atoms with Gasteiger partial charge < -0.3 is 0 Å². The number of para-hydroxylation sites is 2. The number of nitrogens with zero attached hydrogens (tertiary/aromatic N) is 2. The molecule has 2 aromatic carbocycles. The van der Waals surface area contributed by atoms with Crippen molar-refractivity contribution in [3.63, 3.8) is 0 Å². The summed E-state index contributed by atoms with van der Waals surface area (Å²) in [6.07, 6.45) is 1.87. The van der Waals surface area contributed by atoms with E-state index in [1.807, 2.05) is 54.6 Å². The van der Waals surface area contributed by atoms with Gasteiger partial charge in [0.15, 0.2) is 0 Å². The van der Waals surface area contributed by atoms with E-state index in [4.69, 9.17) is 0 Å². The predicted octanol–water partition coefficient (Wildman–Crippen LogP) is 4.18. The van der Waals surface area contributed by atoms with Crippen LogP contribution in [0.5, 0.6) is 0 Å². The summed E-state index contributed by atoms with van der Waals surface area (Å²) < 4.78 is 0. The highest BCUT2D eigenvalue weighted by atomic mass is 14.8. The first-order valence-corrected chi connectivity index (χ1v) is 7.69. The number of aromatic nitrogens is 2. The highest BCUT2D eigenvalue weighted by molar-refractivity contribution is 5.75. The molecule has 110 valence electrons. The fourth-order valence-corrected chi connectivity index (χ4v) is 2.10. The topological polar surface area (TPSA) is 25.8 Å². The standard InChI is InChI=1S/C21H16N2/c1-2-3-5-12-20-21(16-15-17-10-6-4-7-11-17)23-19-14-9-8-13-18(19)22-20/h4,6-11,13-14H,2-3H2,1H3. The molecule has 3 rings (SSSR count). The molecule has 2 nitrogen and oxygen atoms in total. The van der Waals surface area contributed by atoms with Gasteiger partial charge in [0.2, 0.25) is 0 Å². The van der Waals surface area contributed by atoms with Crippen LogP contribution in [0.1, 0.15) is 36.7 Å². The lowest BCUT2D eigenvalue weighted by atomic mass is 10.2. The van der Waals surface area contributed by atoms with Crippen LogP contribution >= 0.6 is 0 Å². The summed E-state index contributed by atoms with van der Waals surface area (Å²) in [5.74, 6) is 12.5. The Morgan fingerprint density at radius 2 is 1.35 bits per heavy atom. The Labute approximate surface area is 136 Å². The monoisotopic (exact) mass is 296 g/mol. The number of unbranched alkanes of at least 4 members (excludes halogenated alkanes) is 1. The van der Waals surface area contributed by atoms with Crippen LogP contribution in [-0.4, -0.2) is 9.97 Å². The van der Waals surface area contributed by atoms with Crippen molar-refractivity contribution in [1.29, 1.82) is 0 Å². The van der Waals surface area contributed by atoms with Crippen LogP contribution in [-0.2, 0) is 0 Å². The van der Waals surface area contributed by atoms with Crippen LogP contribution in [0.3, 0.4) is 0 Å². The molecule has 0 saturated carbocycles. The van der Waals surface area contributed by atoms with E-state index in [-0.39, 0.29) is 0 Å². The lowest BCUT2D eigenvalue weighted by molar-refractivity contribution is 0.982. The first-order valence-electron chi connectivity index (χ1n) is 7.69. The third-order valence-electron chi connectivity index (χ3n) is 3.25. The van der Waals surface area contributed by atoms with E-state index in [9.17, 15) is 0 Å². The lowest BCUT2D eigenvalue weighted by Crippen LogP contribution is -1.95. The average Bonchev–Trinajstić information content (AvgIpc) is 2.61. The van der Waals surface area contributed by atoms with E-state index in [0.29, 0.717) is 11.4 Å². The average molecular weight is 296 g/mol. The molecule has 1 aromatic heterocycles. The Bertz CT molecular complexity index is 935. The van der Waals surface area contributed by atoms with E-state index in [1.165, 1.54) is 0 Å². The van der Waals surface area contributed by atoms with Crippen molar-refractivity contribution in [1.82, 2.24) is 9.97 Å². The third kappa shape index (κ3) is 3.76. The minimum absolute atomic E-state index is 0.635. The van der Waals surface area contributed by atoms with Crippen LogP contribution in [0.4, 0.5) is 0 Å². The number of hydrogen-bond acceptors (Lipinski definition) is 2. The predicted molar refractivity (Wildman–Crippen MR) is 93.7 cm³/mol. The summed E-state index contributed by atoms with van der Waals surface area (Å²) in [6, 6.07) is 17.7. The van der Waals surface area contributed by atoms with Gasteiger partial charge >= 0.3 is 0 Å². The summed E-state index contributed by atoms with van der Waals surface area (Å²) in [5.41, 5.74) is 3.93. The molecule has 0 saturated heterocycles. The Morgan fingerprint density at radius 3 is 2.00 bits per heavy atom. The number of fused-ring (bicyclic) bond motifs is 1. The first-order chi connectivity index (χ1) is 11.4. The lowest BCUT2D eigenvalue weighted by Gasteiger charge is -2.00. The molecule has 0 spiro atoms. The maximum Gasteiger partial charge on any atom is 0.148 e. The third-order valence-corrected chi connectivity index (χ3v) is 3.25. The molecule has 0 radical (unpaired) electrons. The molecule has 0 atom stereocenters. The van der Waals surface area contributed by atoms with Gasteiger partial charge in [-0.3, -0.25) is 0 Å². The van der Waals surface area contributed by atoms with Crippen molar-refractivity contribution >= 4 is 11.0 Å². The summed E-state index contributed by atoms with van der Waals surface area (Å²) in [6.45, 7) is 2.11. The van der Waals surface area contributed by atoms with Crippen molar-refractivity contribution in [2.75, 3.05) is 0 Å².